The summed E-state index contributed by atoms with van der Waals surface area (Å²) in [6.45, 7) is 8.73. The zero-order chi connectivity index (χ0) is 26.5. The van der Waals surface area contributed by atoms with E-state index in [4.69, 9.17) is 23.2 Å². The Morgan fingerprint density at radius 1 is 1.03 bits per heavy atom. The van der Waals surface area contributed by atoms with Crippen LogP contribution in [-0.4, -0.2) is 50.0 Å². The standard InChI is InChI=1S/C25H33Cl2N3O4S/c1-7-23(25(32)28-16(2)3)29(14-19-8-9-20(26)13-22(19)27)24(31)15-30(35(6,33)34)21-11-17(4)10-18(5)12-21/h8-13,16,23H,7,14-15H2,1-6H3,(H,28,32). The normalized spacial score (nSPS) is 12.4. The average molecular weight is 543 g/mol. The molecule has 0 aliphatic rings. The van der Waals surface area contributed by atoms with Gasteiger partial charge in [0.15, 0.2) is 0 Å². The third-order valence-corrected chi connectivity index (χ3v) is 7.07. The van der Waals surface area contributed by atoms with Crippen LogP contribution in [0.4, 0.5) is 5.69 Å². The highest BCUT2D eigenvalue weighted by Crippen LogP contribution is 2.25. The van der Waals surface area contributed by atoms with Gasteiger partial charge in [0.1, 0.15) is 12.6 Å². The summed E-state index contributed by atoms with van der Waals surface area (Å²) in [5.41, 5.74) is 2.72. The first-order valence-corrected chi connectivity index (χ1v) is 13.9. The third-order valence-electron chi connectivity index (χ3n) is 5.35. The number of amides is 2. The van der Waals surface area contributed by atoms with Gasteiger partial charge in [-0.05, 0) is 75.1 Å². The van der Waals surface area contributed by atoms with Crippen molar-refractivity contribution < 1.29 is 18.0 Å². The lowest BCUT2D eigenvalue weighted by atomic mass is 10.1. The first-order chi connectivity index (χ1) is 16.2. The number of halogens is 2. The Morgan fingerprint density at radius 3 is 2.11 bits per heavy atom. The highest BCUT2D eigenvalue weighted by molar-refractivity contribution is 7.92. The number of carbonyl (C=O) groups excluding carboxylic acids is 2. The van der Waals surface area contributed by atoms with E-state index in [-0.39, 0.29) is 18.5 Å². The van der Waals surface area contributed by atoms with E-state index < -0.39 is 28.5 Å². The van der Waals surface area contributed by atoms with E-state index in [2.05, 4.69) is 5.32 Å². The van der Waals surface area contributed by atoms with E-state index in [0.717, 1.165) is 21.7 Å². The molecular weight excluding hydrogens is 509 g/mol. The van der Waals surface area contributed by atoms with Gasteiger partial charge in [0, 0.05) is 22.6 Å². The highest BCUT2D eigenvalue weighted by Gasteiger charge is 2.32. The van der Waals surface area contributed by atoms with Crippen molar-refractivity contribution in [2.24, 2.45) is 0 Å². The van der Waals surface area contributed by atoms with Gasteiger partial charge in [-0.3, -0.25) is 13.9 Å². The van der Waals surface area contributed by atoms with E-state index in [1.54, 1.807) is 37.3 Å². The topological polar surface area (TPSA) is 86.8 Å². The molecule has 0 heterocycles. The number of sulfonamides is 1. The number of nitrogens with one attached hydrogen (secondary N) is 1. The number of rotatable bonds is 10. The number of hydrogen-bond donors (Lipinski definition) is 1. The molecule has 2 aromatic carbocycles. The SMILES string of the molecule is CCC(C(=O)NC(C)C)N(Cc1ccc(Cl)cc1Cl)C(=O)CN(c1cc(C)cc(C)c1)S(C)(=O)=O. The van der Waals surface area contributed by atoms with Gasteiger partial charge >= 0.3 is 0 Å². The summed E-state index contributed by atoms with van der Waals surface area (Å²) >= 11 is 12.4. The van der Waals surface area contributed by atoms with Crippen molar-refractivity contribution >= 4 is 50.7 Å². The molecule has 10 heteroatoms. The van der Waals surface area contributed by atoms with Gasteiger partial charge in [0.2, 0.25) is 21.8 Å². The summed E-state index contributed by atoms with van der Waals surface area (Å²) in [6.07, 6.45) is 1.39. The van der Waals surface area contributed by atoms with Crippen molar-refractivity contribution in [3.63, 3.8) is 0 Å². The lowest BCUT2D eigenvalue weighted by molar-refractivity contribution is -0.140. The fourth-order valence-electron chi connectivity index (χ4n) is 3.84. The smallest absolute Gasteiger partial charge is 0.244 e. The van der Waals surface area contributed by atoms with Gasteiger partial charge in [-0.1, -0.05) is 42.3 Å². The Morgan fingerprint density at radius 2 is 1.63 bits per heavy atom. The summed E-state index contributed by atoms with van der Waals surface area (Å²) in [5.74, 6) is -0.843. The molecule has 0 saturated heterocycles. The number of anilines is 1. The summed E-state index contributed by atoms with van der Waals surface area (Å²) in [4.78, 5) is 28.1. The number of carbonyl (C=O) groups is 2. The van der Waals surface area contributed by atoms with Crippen LogP contribution in [0.1, 0.15) is 43.9 Å². The molecule has 2 amide bonds. The van der Waals surface area contributed by atoms with E-state index in [9.17, 15) is 18.0 Å². The fraction of sp³-hybridized carbons (Fsp3) is 0.440. The van der Waals surface area contributed by atoms with Crippen LogP contribution < -0.4 is 9.62 Å². The molecule has 2 aromatic rings. The fourth-order valence-corrected chi connectivity index (χ4v) is 5.14. The van der Waals surface area contributed by atoms with Gasteiger partial charge in [-0.15, -0.1) is 0 Å². The molecule has 1 N–H and O–H groups in total. The van der Waals surface area contributed by atoms with Crippen molar-refractivity contribution in [3.8, 4) is 0 Å². The number of hydrogen-bond acceptors (Lipinski definition) is 4. The van der Waals surface area contributed by atoms with E-state index in [0.29, 0.717) is 27.7 Å². The Hall–Kier alpha value is -2.29. The second kappa shape index (κ2) is 12.1. The maximum absolute atomic E-state index is 13.7. The van der Waals surface area contributed by atoms with Crippen LogP contribution in [0.5, 0.6) is 0 Å². The summed E-state index contributed by atoms with van der Waals surface area (Å²) in [7, 11) is -3.80. The van der Waals surface area contributed by atoms with Gasteiger partial charge < -0.3 is 10.2 Å². The molecule has 0 aliphatic carbocycles. The Bertz CT molecular complexity index is 1160. The zero-order valence-electron chi connectivity index (χ0n) is 20.9. The molecule has 0 aliphatic heterocycles. The van der Waals surface area contributed by atoms with Crippen LogP contribution in [0.3, 0.4) is 0 Å². The van der Waals surface area contributed by atoms with Crippen LogP contribution in [0.15, 0.2) is 36.4 Å². The van der Waals surface area contributed by atoms with Crippen molar-refractivity contribution in [2.45, 2.75) is 59.7 Å². The van der Waals surface area contributed by atoms with Crippen LogP contribution in [0.2, 0.25) is 10.0 Å². The molecule has 1 unspecified atom stereocenters. The predicted molar refractivity (Wildman–Crippen MR) is 142 cm³/mol. The molecule has 0 radical (unpaired) electrons. The molecule has 2 rings (SSSR count). The Balaban J connectivity index is 2.51. The van der Waals surface area contributed by atoms with Gasteiger partial charge in [0.05, 0.1) is 11.9 Å². The molecular formula is C25H33Cl2N3O4S. The van der Waals surface area contributed by atoms with Gasteiger partial charge in [-0.2, -0.15) is 0 Å². The molecule has 7 nitrogen and oxygen atoms in total. The Labute approximate surface area is 218 Å². The molecule has 35 heavy (non-hydrogen) atoms. The molecule has 0 spiro atoms. The quantitative estimate of drug-likeness (QED) is 0.471. The monoisotopic (exact) mass is 541 g/mol. The van der Waals surface area contributed by atoms with Crippen molar-refractivity contribution in [2.75, 3.05) is 17.1 Å². The number of benzene rings is 2. The second-order valence-corrected chi connectivity index (χ2v) is 11.7. The lowest BCUT2D eigenvalue weighted by Crippen LogP contribution is -2.53. The third kappa shape index (κ3) is 8.12. The second-order valence-electron chi connectivity index (χ2n) is 8.96. The largest absolute Gasteiger partial charge is 0.352 e. The molecule has 1 atom stereocenters. The minimum atomic E-state index is -3.80. The minimum absolute atomic E-state index is 0.0172. The maximum atomic E-state index is 13.7. The van der Waals surface area contributed by atoms with E-state index in [1.807, 2.05) is 33.8 Å². The average Bonchev–Trinajstić information content (AvgIpc) is 2.71. The van der Waals surface area contributed by atoms with E-state index in [1.165, 1.54) is 4.90 Å². The van der Waals surface area contributed by atoms with Crippen molar-refractivity contribution in [1.82, 2.24) is 10.2 Å². The van der Waals surface area contributed by atoms with Crippen LogP contribution >= 0.6 is 23.2 Å². The summed E-state index contributed by atoms with van der Waals surface area (Å²) in [6, 6.07) is 9.30. The molecule has 192 valence electrons. The first kappa shape index (κ1) is 28.9. The van der Waals surface area contributed by atoms with E-state index >= 15 is 0 Å². The summed E-state index contributed by atoms with van der Waals surface area (Å²) < 4.78 is 26.5. The maximum Gasteiger partial charge on any atom is 0.244 e. The lowest BCUT2D eigenvalue weighted by Gasteiger charge is -2.33. The van der Waals surface area contributed by atoms with Crippen LogP contribution in [-0.2, 0) is 26.2 Å². The van der Waals surface area contributed by atoms with Crippen LogP contribution in [0.25, 0.3) is 0 Å². The summed E-state index contributed by atoms with van der Waals surface area (Å²) in [5, 5.41) is 3.64. The highest BCUT2D eigenvalue weighted by atomic mass is 35.5. The molecule has 0 saturated carbocycles. The first-order valence-electron chi connectivity index (χ1n) is 11.3. The number of nitrogens with zero attached hydrogens (tertiary/aromatic N) is 2. The molecule has 0 bridgehead atoms. The van der Waals surface area contributed by atoms with Gasteiger partial charge in [-0.25, -0.2) is 8.42 Å². The predicted octanol–water partition coefficient (Wildman–Crippen LogP) is 4.71. The minimum Gasteiger partial charge on any atom is -0.352 e. The number of aryl methyl sites for hydroxylation is 2. The van der Waals surface area contributed by atoms with Gasteiger partial charge in [0.25, 0.3) is 0 Å². The van der Waals surface area contributed by atoms with Crippen molar-refractivity contribution in [1.29, 1.82) is 0 Å². The molecule has 0 aromatic heterocycles. The zero-order valence-corrected chi connectivity index (χ0v) is 23.3. The van der Waals surface area contributed by atoms with Crippen molar-refractivity contribution in [3.05, 3.63) is 63.1 Å². The Kier molecular flexibility index (Phi) is 10.0. The van der Waals surface area contributed by atoms with Crippen LogP contribution in [0, 0.1) is 13.8 Å². The molecule has 0 fully saturated rings.